The molecule has 0 aliphatic rings. The molecule has 0 fully saturated rings. The highest BCUT2D eigenvalue weighted by Gasteiger charge is 2.29. The molecule has 0 aliphatic carbocycles. The molecule has 3 amide bonds. The van der Waals surface area contributed by atoms with Crippen LogP contribution in [0.5, 0.6) is 11.5 Å². The number of nitrogens with one attached hydrogen (secondary N) is 3. The molecule has 12 nitrogen and oxygen atoms in total. The van der Waals surface area contributed by atoms with Gasteiger partial charge in [0, 0.05) is 13.0 Å². The number of phenols is 2. The van der Waals surface area contributed by atoms with Gasteiger partial charge in [0.15, 0.2) is 11.5 Å². The van der Waals surface area contributed by atoms with Gasteiger partial charge in [0.1, 0.15) is 23.3 Å². The molecule has 0 saturated heterocycles. The van der Waals surface area contributed by atoms with Crippen LogP contribution in [0.4, 0.5) is 9.59 Å². The fourth-order valence-electron chi connectivity index (χ4n) is 3.23. The minimum absolute atomic E-state index is 0.0629. The number of benzene rings is 1. The Morgan fingerprint density at radius 3 is 2.00 bits per heavy atom. The van der Waals surface area contributed by atoms with Crippen molar-refractivity contribution in [1.29, 1.82) is 0 Å². The predicted molar refractivity (Wildman–Crippen MR) is 139 cm³/mol. The lowest BCUT2D eigenvalue weighted by Gasteiger charge is -2.25. The Hall–Kier alpha value is -3.70. The molecular formula is C26H41N3O9. The lowest BCUT2D eigenvalue weighted by atomic mass is 10.0. The second kappa shape index (κ2) is 14.3. The van der Waals surface area contributed by atoms with Crippen molar-refractivity contribution in [3.05, 3.63) is 23.8 Å². The molecule has 2 atom stereocenters. The van der Waals surface area contributed by atoms with Gasteiger partial charge in [-0.1, -0.05) is 6.07 Å². The molecule has 0 spiro atoms. The van der Waals surface area contributed by atoms with Crippen LogP contribution in [-0.4, -0.2) is 71.2 Å². The van der Waals surface area contributed by atoms with E-state index in [0.717, 1.165) is 0 Å². The molecule has 0 aromatic heterocycles. The summed E-state index contributed by atoms with van der Waals surface area (Å²) < 4.78 is 15.2. The van der Waals surface area contributed by atoms with Crippen molar-refractivity contribution in [3.63, 3.8) is 0 Å². The normalized spacial score (nSPS) is 13.0. The van der Waals surface area contributed by atoms with Crippen molar-refractivity contribution in [3.8, 4) is 11.5 Å². The smallest absolute Gasteiger partial charge is 0.408 e. The van der Waals surface area contributed by atoms with Crippen LogP contribution in [0.2, 0.25) is 0 Å². The summed E-state index contributed by atoms with van der Waals surface area (Å²) >= 11 is 0. The minimum Gasteiger partial charge on any atom is -0.504 e. The first-order valence-electron chi connectivity index (χ1n) is 12.4. The lowest BCUT2D eigenvalue weighted by Crippen LogP contribution is -2.53. The topological polar surface area (TPSA) is 173 Å². The number of rotatable bonds is 11. The maximum Gasteiger partial charge on any atom is 0.408 e. The summed E-state index contributed by atoms with van der Waals surface area (Å²) in [6.07, 6.45) is -0.267. The van der Waals surface area contributed by atoms with Gasteiger partial charge < -0.3 is 40.4 Å². The van der Waals surface area contributed by atoms with Crippen molar-refractivity contribution in [1.82, 2.24) is 16.0 Å². The largest absolute Gasteiger partial charge is 0.504 e. The summed E-state index contributed by atoms with van der Waals surface area (Å²) in [5, 5.41) is 27.1. The van der Waals surface area contributed by atoms with Crippen LogP contribution in [0.25, 0.3) is 0 Å². The fourth-order valence-corrected chi connectivity index (χ4v) is 3.23. The second-order valence-electron chi connectivity index (χ2n) is 10.7. The Kier molecular flexibility index (Phi) is 12.2. The van der Waals surface area contributed by atoms with Gasteiger partial charge in [0.05, 0.1) is 7.11 Å². The van der Waals surface area contributed by atoms with E-state index in [1.807, 2.05) is 0 Å². The number of aromatic hydroxyl groups is 2. The number of hydrogen-bond acceptors (Lipinski definition) is 9. The van der Waals surface area contributed by atoms with E-state index in [0.29, 0.717) is 24.9 Å². The van der Waals surface area contributed by atoms with Crippen molar-refractivity contribution >= 4 is 24.1 Å². The van der Waals surface area contributed by atoms with Gasteiger partial charge in [-0.25, -0.2) is 14.4 Å². The Morgan fingerprint density at radius 1 is 0.842 bits per heavy atom. The summed E-state index contributed by atoms with van der Waals surface area (Å²) in [6, 6.07) is 1.83. The van der Waals surface area contributed by atoms with Gasteiger partial charge in [0.25, 0.3) is 0 Å². The first-order chi connectivity index (χ1) is 17.5. The van der Waals surface area contributed by atoms with Crippen molar-refractivity contribution < 1.29 is 43.6 Å². The highest BCUT2D eigenvalue weighted by molar-refractivity contribution is 5.90. The van der Waals surface area contributed by atoms with Gasteiger partial charge in [-0.3, -0.25) is 4.79 Å². The number of unbranched alkanes of at least 4 members (excludes halogenated alkanes) is 1. The Balaban J connectivity index is 2.87. The molecule has 12 heteroatoms. The molecule has 0 unspecified atom stereocenters. The van der Waals surface area contributed by atoms with Crippen LogP contribution in [0.3, 0.4) is 0 Å². The quantitative estimate of drug-likeness (QED) is 0.123. The van der Waals surface area contributed by atoms with Gasteiger partial charge in [0.2, 0.25) is 5.91 Å². The van der Waals surface area contributed by atoms with Gasteiger partial charge >= 0.3 is 18.2 Å². The summed E-state index contributed by atoms with van der Waals surface area (Å²) in [7, 11) is 1.20. The highest BCUT2D eigenvalue weighted by atomic mass is 16.6. The first kappa shape index (κ1) is 32.3. The minimum atomic E-state index is -1.17. The van der Waals surface area contributed by atoms with E-state index in [1.165, 1.54) is 25.3 Å². The third-order valence-corrected chi connectivity index (χ3v) is 4.88. The maximum atomic E-state index is 13.2. The van der Waals surface area contributed by atoms with Gasteiger partial charge in [-0.05, 0) is 78.5 Å². The zero-order valence-electron chi connectivity index (χ0n) is 23.2. The lowest BCUT2D eigenvalue weighted by molar-refractivity contribution is -0.145. The van der Waals surface area contributed by atoms with E-state index < -0.39 is 47.3 Å². The van der Waals surface area contributed by atoms with E-state index in [9.17, 15) is 29.4 Å². The molecule has 1 aromatic carbocycles. The van der Waals surface area contributed by atoms with Crippen LogP contribution in [-0.2, 0) is 30.2 Å². The van der Waals surface area contributed by atoms with Gasteiger partial charge in [-0.15, -0.1) is 0 Å². The van der Waals surface area contributed by atoms with Crippen LogP contribution in [0.15, 0.2) is 18.2 Å². The van der Waals surface area contributed by atoms with Crippen molar-refractivity contribution in [2.24, 2.45) is 0 Å². The molecule has 1 aromatic rings. The predicted octanol–water partition coefficient (Wildman–Crippen LogP) is 2.89. The molecule has 5 N–H and O–H groups in total. The zero-order chi connectivity index (χ0) is 29.1. The average Bonchev–Trinajstić information content (AvgIpc) is 2.76. The molecule has 214 valence electrons. The third kappa shape index (κ3) is 13.0. The van der Waals surface area contributed by atoms with Crippen molar-refractivity contribution in [2.75, 3.05) is 13.7 Å². The van der Waals surface area contributed by atoms with Crippen LogP contribution in [0.1, 0.15) is 66.4 Å². The maximum absolute atomic E-state index is 13.2. The molecule has 0 radical (unpaired) electrons. The summed E-state index contributed by atoms with van der Waals surface area (Å²) in [5.41, 5.74) is -0.990. The molecule has 0 saturated carbocycles. The van der Waals surface area contributed by atoms with E-state index in [1.54, 1.807) is 41.5 Å². The Labute approximate surface area is 223 Å². The number of esters is 1. The fraction of sp³-hybridized carbons (Fsp3) is 0.615. The number of ether oxygens (including phenoxy) is 3. The number of alkyl carbamates (subject to hydrolysis) is 2. The highest BCUT2D eigenvalue weighted by Crippen LogP contribution is 2.25. The van der Waals surface area contributed by atoms with E-state index >= 15 is 0 Å². The molecule has 0 heterocycles. The number of carbonyl (C=O) groups is 4. The average molecular weight is 540 g/mol. The van der Waals surface area contributed by atoms with Gasteiger partial charge in [-0.2, -0.15) is 0 Å². The molecule has 0 bridgehead atoms. The standard InChI is InChI=1S/C26H41N3O9/c1-25(2,3)37-23(34)27-13-9-8-10-17(22(33)36-7)28-21(32)18(29-24(35)38-26(4,5)6)14-16-11-12-19(30)20(31)15-16/h11-12,15,17-18,30-31H,8-10,13-14H2,1-7H3,(H,27,34)(H,28,32)(H,29,35)/t17-,18-/m0/s1. The van der Waals surface area contributed by atoms with E-state index in [-0.39, 0.29) is 24.3 Å². The van der Waals surface area contributed by atoms with Crippen LogP contribution >= 0.6 is 0 Å². The molecule has 0 aliphatic heterocycles. The number of amides is 3. The Morgan fingerprint density at radius 2 is 1.45 bits per heavy atom. The zero-order valence-corrected chi connectivity index (χ0v) is 23.2. The summed E-state index contributed by atoms with van der Waals surface area (Å²) in [4.78, 5) is 49.7. The van der Waals surface area contributed by atoms with E-state index in [4.69, 9.17) is 14.2 Å². The molecular weight excluding hydrogens is 498 g/mol. The Bertz CT molecular complexity index is 968. The summed E-state index contributed by atoms with van der Waals surface area (Å²) in [6.45, 7) is 10.6. The monoisotopic (exact) mass is 539 g/mol. The number of phenolic OH excluding ortho intramolecular Hbond substituents is 2. The number of hydrogen-bond donors (Lipinski definition) is 5. The van der Waals surface area contributed by atoms with Crippen molar-refractivity contribution in [2.45, 2.75) is 90.5 Å². The number of carbonyl (C=O) groups excluding carboxylic acids is 4. The molecule has 38 heavy (non-hydrogen) atoms. The third-order valence-electron chi connectivity index (χ3n) is 4.88. The van der Waals surface area contributed by atoms with E-state index in [2.05, 4.69) is 16.0 Å². The SMILES string of the molecule is COC(=O)[C@H](CCCCNC(=O)OC(C)(C)C)NC(=O)[C@H](Cc1ccc(O)c(O)c1)NC(=O)OC(C)(C)C. The molecule has 1 rings (SSSR count). The first-order valence-corrected chi connectivity index (χ1v) is 12.4. The van der Waals surface area contributed by atoms with Crippen LogP contribution in [0, 0.1) is 0 Å². The summed E-state index contributed by atoms with van der Waals surface area (Å²) in [5.74, 6) is -2.06. The van der Waals surface area contributed by atoms with Crippen LogP contribution < -0.4 is 16.0 Å². The second-order valence-corrected chi connectivity index (χ2v) is 10.7. The number of methoxy groups -OCH3 is 1.